The van der Waals surface area contributed by atoms with E-state index < -0.39 is 9.84 Å². The molecule has 24 heavy (non-hydrogen) atoms. The normalized spacial score (nSPS) is 24.8. The van der Waals surface area contributed by atoms with Crippen molar-refractivity contribution in [2.24, 2.45) is 0 Å². The maximum absolute atomic E-state index is 12.2. The molecule has 132 valence electrons. The van der Waals surface area contributed by atoms with Crippen LogP contribution in [0, 0.1) is 0 Å². The maximum Gasteiger partial charge on any atom is 0.224 e. The summed E-state index contributed by atoms with van der Waals surface area (Å²) in [6.07, 6.45) is 2.90. The summed E-state index contributed by atoms with van der Waals surface area (Å²) in [5.74, 6) is 0.663. The number of rotatable bonds is 4. The standard InChI is InChI=1S/C17H23BrN2O3S/c18-16-4-2-1-3-13(16)11-17(21)19-14-5-8-20(9-6-14)15-7-10-24(22,23)12-15/h1-4,14-15H,5-12H2,(H,19,21). The summed E-state index contributed by atoms with van der Waals surface area (Å²) in [5.41, 5.74) is 0.989. The van der Waals surface area contributed by atoms with Gasteiger partial charge in [0.15, 0.2) is 9.84 Å². The molecule has 0 bridgehead atoms. The van der Waals surface area contributed by atoms with E-state index >= 15 is 0 Å². The van der Waals surface area contributed by atoms with E-state index in [2.05, 4.69) is 26.1 Å². The third-order valence-corrected chi connectivity index (χ3v) is 7.45. The molecule has 1 unspecified atom stereocenters. The molecule has 5 nitrogen and oxygen atoms in total. The predicted molar refractivity (Wildman–Crippen MR) is 97.6 cm³/mol. The van der Waals surface area contributed by atoms with Crippen molar-refractivity contribution in [2.45, 2.75) is 37.8 Å². The van der Waals surface area contributed by atoms with Crippen LogP contribution in [0.5, 0.6) is 0 Å². The molecule has 1 amide bonds. The van der Waals surface area contributed by atoms with Gasteiger partial charge in [-0.05, 0) is 30.9 Å². The number of nitrogens with zero attached hydrogens (tertiary/aromatic N) is 1. The molecule has 7 heteroatoms. The van der Waals surface area contributed by atoms with Gasteiger partial charge >= 0.3 is 0 Å². The first-order valence-corrected chi connectivity index (χ1v) is 11.0. The molecule has 3 rings (SSSR count). The van der Waals surface area contributed by atoms with Crippen molar-refractivity contribution in [3.8, 4) is 0 Å². The minimum absolute atomic E-state index is 0.0452. The minimum Gasteiger partial charge on any atom is -0.353 e. The van der Waals surface area contributed by atoms with Gasteiger partial charge in [0.2, 0.25) is 5.91 Å². The van der Waals surface area contributed by atoms with Crippen LogP contribution in [0.15, 0.2) is 28.7 Å². The number of likely N-dealkylation sites (tertiary alicyclic amines) is 1. The lowest BCUT2D eigenvalue weighted by atomic mass is 10.0. The highest BCUT2D eigenvalue weighted by Crippen LogP contribution is 2.22. The Morgan fingerprint density at radius 2 is 1.92 bits per heavy atom. The molecule has 0 radical (unpaired) electrons. The largest absolute Gasteiger partial charge is 0.353 e. The molecule has 0 saturated carbocycles. The Morgan fingerprint density at radius 1 is 1.21 bits per heavy atom. The second kappa shape index (κ2) is 7.54. The Morgan fingerprint density at radius 3 is 2.54 bits per heavy atom. The number of carbonyl (C=O) groups excluding carboxylic acids is 1. The van der Waals surface area contributed by atoms with Gasteiger partial charge in [0.25, 0.3) is 0 Å². The molecule has 1 aromatic carbocycles. The van der Waals surface area contributed by atoms with Crippen LogP contribution < -0.4 is 5.32 Å². The number of piperidine rings is 1. The first-order chi connectivity index (χ1) is 11.4. The molecule has 2 aliphatic rings. The van der Waals surface area contributed by atoms with Crippen LogP contribution in [0.2, 0.25) is 0 Å². The molecular weight excluding hydrogens is 392 g/mol. The fraction of sp³-hybridized carbons (Fsp3) is 0.588. The summed E-state index contributed by atoms with van der Waals surface area (Å²) in [7, 11) is -2.83. The third-order valence-electron chi connectivity index (χ3n) is 4.93. The number of carbonyl (C=O) groups is 1. The molecule has 2 heterocycles. The number of hydrogen-bond acceptors (Lipinski definition) is 4. The average Bonchev–Trinajstić information content (AvgIpc) is 2.90. The van der Waals surface area contributed by atoms with Gasteiger partial charge in [-0.1, -0.05) is 34.1 Å². The van der Waals surface area contributed by atoms with E-state index in [-0.39, 0.29) is 18.0 Å². The monoisotopic (exact) mass is 414 g/mol. The van der Waals surface area contributed by atoms with E-state index in [1.807, 2.05) is 24.3 Å². The molecule has 0 aromatic heterocycles. The first-order valence-electron chi connectivity index (χ1n) is 8.40. The van der Waals surface area contributed by atoms with Crippen molar-refractivity contribution in [3.05, 3.63) is 34.3 Å². The van der Waals surface area contributed by atoms with Gasteiger partial charge in [-0.2, -0.15) is 0 Å². The Hall–Kier alpha value is -0.920. The zero-order chi connectivity index (χ0) is 17.2. The van der Waals surface area contributed by atoms with Crippen molar-refractivity contribution in [1.82, 2.24) is 10.2 Å². The van der Waals surface area contributed by atoms with Crippen LogP contribution in [0.25, 0.3) is 0 Å². The van der Waals surface area contributed by atoms with Crippen LogP contribution in [-0.2, 0) is 21.1 Å². The van der Waals surface area contributed by atoms with Gasteiger partial charge in [0.05, 0.1) is 17.9 Å². The fourth-order valence-electron chi connectivity index (χ4n) is 3.57. The SMILES string of the molecule is O=C(Cc1ccccc1Br)NC1CCN(C2CCS(=O)(=O)C2)CC1. The number of sulfone groups is 1. The Bertz CT molecular complexity index is 700. The summed E-state index contributed by atoms with van der Waals surface area (Å²) >= 11 is 3.47. The molecule has 2 aliphatic heterocycles. The molecule has 1 N–H and O–H groups in total. The van der Waals surface area contributed by atoms with E-state index in [1.54, 1.807) is 0 Å². The molecule has 1 aromatic rings. The second-order valence-corrected chi connectivity index (χ2v) is 9.79. The van der Waals surface area contributed by atoms with Crippen molar-refractivity contribution < 1.29 is 13.2 Å². The van der Waals surface area contributed by atoms with E-state index in [9.17, 15) is 13.2 Å². The number of benzene rings is 1. The summed E-state index contributed by atoms with van der Waals surface area (Å²) < 4.78 is 24.2. The van der Waals surface area contributed by atoms with E-state index in [0.29, 0.717) is 17.9 Å². The Labute approximate surface area is 151 Å². The summed E-state index contributed by atoms with van der Waals surface area (Å²) in [4.78, 5) is 14.5. The molecule has 2 saturated heterocycles. The molecule has 0 spiro atoms. The molecule has 0 aliphatic carbocycles. The van der Waals surface area contributed by atoms with E-state index in [1.165, 1.54) is 0 Å². The van der Waals surface area contributed by atoms with Crippen LogP contribution in [-0.4, -0.2) is 55.9 Å². The smallest absolute Gasteiger partial charge is 0.224 e. The van der Waals surface area contributed by atoms with Gasteiger partial charge in [0, 0.05) is 29.6 Å². The summed E-state index contributed by atoms with van der Waals surface area (Å²) in [5, 5.41) is 3.12. The van der Waals surface area contributed by atoms with Crippen LogP contribution in [0.3, 0.4) is 0 Å². The molecule has 1 atom stereocenters. The molecule has 2 fully saturated rings. The Kier molecular flexibility index (Phi) is 5.62. The fourth-order valence-corrected chi connectivity index (χ4v) is 5.75. The Balaban J connectivity index is 1.45. The van der Waals surface area contributed by atoms with Crippen molar-refractivity contribution >= 4 is 31.7 Å². The number of halogens is 1. The number of nitrogens with one attached hydrogen (secondary N) is 1. The minimum atomic E-state index is -2.83. The van der Waals surface area contributed by atoms with Gasteiger partial charge in [-0.15, -0.1) is 0 Å². The van der Waals surface area contributed by atoms with Crippen molar-refractivity contribution in [1.29, 1.82) is 0 Å². The lowest BCUT2D eigenvalue weighted by molar-refractivity contribution is -0.121. The van der Waals surface area contributed by atoms with Crippen LogP contribution in [0.4, 0.5) is 0 Å². The second-order valence-electron chi connectivity index (χ2n) is 6.70. The summed E-state index contributed by atoms with van der Waals surface area (Å²) in [6, 6.07) is 8.12. The average molecular weight is 415 g/mol. The van der Waals surface area contributed by atoms with Gasteiger partial charge < -0.3 is 5.32 Å². The van der Waals surface area contributed by atoms with Gasteiger partial charge in [-0.3, -0.25) is 9.69 Å². The number of amides is 1. The highest BCUT2D eigenvalue weighted by atomic mass is 79.9. The third kappa shape index (κ3) is 4.58. The zero-order valence-corrected chi connectivity index (χ0v) is 16.0. The number of hydrogen-bond donors (Lipinski definition) is 1. The summed E-state index contributed by atoms with van der Waals surface area (Å²) in [6.45, 7) is 1.72. The predicted octanol–water partition coefficient (Wildman–Crippen LogP) is 1.76. The highest BCUT2D eigenvalue weighted by Gasteiger charge is 2.34. The lowest BCUT2D eigenvalue weighted by Crippen LogP contribution is -2.48. The van der Waals surface area contributed by atoms with E-state index in [4.69, 9.17) is 0 Å². The van der Waals surface area contributed by atoms with Crippen LogP contribution in [0.1, 0.15) is 24.8 Å². The topological polar surface area (TPSA) is 66.5 Å². The lowest BCUT2D eigenvalue weighted by Gasteiger charge is -2.35. The van der Waals surface area contributed by atoms with E-state index in [0.717, 1.165) is 42.4 Å². The zero-order valence-electron chi connectivity index (χ0n) is 13.6. The first kappa shape index (κ1) is 17.9. The van der Waals surface area contributed by atoms with Gasteiger partial charge in [0.1, 0.15) is 0 Å². The maximum atomic E-state index is 12.2. The quantitative estimate of drug-likeness (QED) is 0.814. The highest BCUT2D eigenvalue weighted by molar-refractivity contribution is 9.10. The molecular formula is C17H23BrN2O3S. The van der Waals surface area contributed by atoms with Crippen LogP contribution >= 0.6 is 15.9 Å². The van der Waals surface area contributed by atoms with Crippen molar-refractivity contribution in [2.75, 3.05) is 24.6 Å². The van der Waals surface area contributed by atoms with Crippen molar-refractivity contribution in [3.63, 3.8) is 0 Å². The van der Waals surface area contributed by atoms with Gasteiger partial charge in [-0.25, -0.2) is 8.42 Å².